The van der Waals surface area contributed by atoms with Crippen molar-refractivity contribution in [2.45, 2.75) is 0 Å². The highest BCUT2D eigenvalue weighted by atomic mass is 16.3. The van der Waals surface area contributed by atoms with Crippen LogP contribution in [-0.4, -0.2) is 34.8 Å². The third-order valence-electron chi connectivity index (χ3n) is 4.46. The summed E-state index contributed by atoms with van der Waals surface area (Å²) in [5, 5.41) is 14.5. The van der Waals surface area contributed by atoms with Crippen molar-refractivity contribution >= 4 is 34.2 Å². The molecule has 0 atom stereocenters. The molecule has 0 radical (unpaired) electrons. The van der Waals surface area contributed by atoms with Crippen molar-refractivity contribution in [3.8, 4) is 5.75 Å². The van der Waals surface area contributed by atoms with Crippen molar-refractivity contribution in [1.29, 1.82) is 0 Å². The number of hydrogen-bond acceptors (Lipinski definition) is 4. The van der Waals surface area contributed by atoms with E-state index >= 15 is 0 Å². The van der Waals surface area contributed by atoms with Crippen LogP contribution in [0, 0.1) is 0 Å². The molecule has 3 aromatic rings. The maximum absolute atomic E-state index is 12.6. The Balaban J connectivity index is 1.67. The minimum atomic E-state index is -0.502. The van der Waals surface area contributed by atoms with Gasteiger partial charge in [-0.15, -0.1) is 0 Å². The number of hydrogen-bond donors (Lipinski definition) is 2. The van der Waals surface area contributed by atoms with Crippen molar-refractivity contribution in [3.63, 3.8) is 0 Å². The fourth-order valence-electron chi connectivity index (χ4n) is 3.05. The van der Waals surface area contributed by atoms with Crippen molar-refractivity contribution in [2.24, 2.45) is 0 Å². The fraction of sp³-hybridized carbons (Fsp3) is 0.0500. The van der Waals surface area contributed by atoms with Crippen LogP contribution < -0.4 is 5.32 Å². The number of carbonyl (C=O) groups is 3. The zero-order chi connectivity index (χ0) is 18.4. The molecule has 0 aliphatic carbocycles. The first kappa shape index (κ1) is 15.8. The van der Waals surface area contributed by atoms with E-state index < -0.39 is 11.8 Å². The molecule has 0 saturated heterocycles. The Hall–Kier alpha value is -3.67. The van der Waals surface area contributed by atoms with Crippen LogP contribution in [0.5, 0.6) is 5.75 Å². The molecule has 1 aliphatic heterocycles. The van der Waals surface area contributed by atoms with E-state index in [-0.39, 0.29) is 22.8 Å². The maximum Gasteiger partial charge on any atom is 0.261 e. The molecule has 0 unspecified atom stereocenters. The first-order valence-electron chi connectivity index (χ1n) is 7.95. The predicted octanol–water partition coefficient (Wildman–Crippen LogP) is 3.02. The highest BCUT2D eigenvalue weighted by Gasteiger charge is 2.32. The van der Waals surface area contributed by atoms with Gasteiger partial charge in [0, 0.05) is 12.7 Å². The first-order valence-corrected chi connectivity index (χ1v) is 7.95. The molecule has 2 N–H and O–H groups in total. The van der Waals surface area contributed by atoms with Crippen LogP contribution in [0.2, 0.25) is 0 Å². The molecule has 0 aromatic heterocycles. The average molecular weight is 346 g/mol. The molecule has 0 bridgehead atoms. The zero-order valence-electron chi connectivity index (χ0n) is 13.8. The number of benzene rings is 3. The number of imide groups is 1. The second kappa shape index (κ2) is 5.70. The first-order chi connectivity index (χ1) is 12.5. The summed E-state index contributed by atoms with van der Waals surface area (Å²) in [5.74, 6) is -1.41. The molecule has 3 amide bonds. The van der Waals surface area contributed by atoms with E-state index in [1.54, 1.807) is 12.1 Å². The topological polar surface area (TPSA) is 86.7 Å². The third-order valence-corrected chi connectivity index (χ3v) is 4.46. The van der Waals surface area contributed by atoms with Gasteiger partial charge in [0.15, 0.2) is 0 Å². The Bertz CT molecular complexity index is 1100. The van der Waals surface area contributed by atoms with Gasteiger partial charge in [-0.05, 0) is 41.1 Å². The Kier molecular flexibility index (Phi) is 3.47. The van der Waals surface area contributed by atoms with Gasteiger partial charge in [0.05, 0.1) is 16.7 Å². The summed E-state index contributed by atoms with van der Waals surface area (Å²) >= 11 is 0. The van der Waals surface area contributed by atoms with E-state index in [0.717, 1.165) is 15.7 Å². The third kappa shape index (κ3) is 2.39. The van der Waals surface area contributed by atoms with Gasteiger partial charge in [-0.25, -0.2) is 0 Å². The number of aromatic hydroxyl groups is 1. The second-order valence-corrected chi connectivity index (χ2v) is 6.10. The largest absolute Gasteiger partial charge is 0.507 e. The highest BCUT2D eigenvalue weighted by molar-refractivity contribution is 6.21. The molecule has 26 heavy (non-hydrogen) atoms. The lowest BCUT2D eigenvalue weighted by Gasteiger charge is -2.09. The molecular formula is C20H14N2O4. The van der Waals surface area contributed by atoms with Crippen LogP contribution in [0.1, 0.15) is 31.1 Å². The van der Waals surface area contributed by atoms with Crippen molar-refractivity contribution in [2.75, 3.05) is 12.4 Å². The summed E-state index contributed by atoms with van der Waals surface area (Å²) in [7, 11) is 1.41. The predicted molar refractivity (Wildman–Crippen MR) is 96.4 cm³/mol. The van der Waals surface area contributed by atoms with E-state index in [2.05, 4.69) is 5.32 Å². The van der Waals surface area contributed by atoms with Gasteiger partial charge in [0.1, 0.15) is 5.75 Å². The van der Waals surface area contributed by atoms with Gasteiger partial charge in [-0.2, -0.15) is 0 Å². The molecule has 6 nitrogen and oxygen atoms in total. The highest BCUT2D eigenvalue weighted by Crippen LogP contribution is 2.28. The van der Waals surface area contributed by atoms with Crippen molar-refractivity contribution in [1.82, 2.24) is 4.90 Å². The number of fused-ring (bicyclic) bond motifs is 2. The summed E-state index contributed by atoms with van der Waals surface area (Å²) in [4.78, 5) is 37.6. The van der Waals surface area contributed by atoms with E-state index in [1.807, 2.05) is 24.3 Å². The van der Waals surface area contributed by atoms with Crippen molar-refractivity contribution in [3.05, 3.63) is 71.3 Å². The molecule has 0 fully saturated rings. The molecule has 3 aromatic carbocycles. The summed E-state index contributed by atoms with van der Waals surface area (Å²) < 4.78 is 0. The molecule has 128 valence electrons. The standard InChI is InChI=1S/C20H14N2O4/c1-22-19(25)14-7-6-13(10-15(14)20(22)26)21-18(24)16-8-11-4-2-3-5-12(11)9-17(16)23/h2-10,23H,1H3,(H,21,24). The molecule has 1 heterocycles. The van der Waals surface area contributed by atoms with Gasteiger partial charge < -0.3 is 10.4 Å². The monoisotopic (exact) mass is 346 g/mol. The normalized spacial score (nSPS) is 13.2. The smallest absolute Gasteiger partial charge is 0.261 e. The lowest BCUT2D eigenvalue weighted by atomic mass is 10.0. The molecule has 0 saturated carbocycles. The zero-order valence-corrected chi connectivity index (χ0v) is 13.8. The number of anilines is 1. The van der Waals surface area contributed by atoms with Gasteiger partial charge in [0.2, 0.25) is 0 Å². The number of nitrogens with zero attached hydrogens (tertiary/aromatic N) is 1. The molecule has 4 rings (SSSR count). The SMILES string of the molecule is CN1C(=O)c2ccc(NC(=O)c3cc4ccccc4cc3O)cc2C1=O. The van der Waals surface area contributed by atoms with E-state index in [1.165, 1.54) is 25.2 Å². The lowest BCUT2D eigenvalue weighted by Crippen LogP contribution is -2.24. The Morgan fingerprint density at radius 3 is 2.31 bits per heavy atom. The van der Waals surface area contributed by atoms with Gasteiger partial charge >= 0.3 is 0 Å². The van der Waals surface area contributed by atoms with Gasteiger partial charge in [-0.3, -0.25) is 19.3 Å². The lowest BCUT2D eigenvalue weighted by molar-refractivity contribution is 0.0692. The minimum absolute atomic E-state index is 0.128. The van der Waals surface area contributed by atoms with Gasteiger partial charge in [-0.1, -0.05) is 24.3 Å². The Labute approximate surface area is 148 Å². The van der Waals surface area contributed by atoms with Crippen LogP contribution in [0.15, 0.2) is 54.6 Å². The van der Waals surface area contributed by atoms with E-state index in [0.29, 0.717) is 11.3 Å². The minimum Gasteiger partial charge on any atom is -0.507 e. The number of amides is 3. The molecule has 6 heteroatoms. The van der Waals surface area contributed by atoms with Crippen molar-refractivity contribution < 1.29 is 19.5 Å². The maximum atomic E-state index is 12.6. The average Bonchev–Trinajstić information content (AvgIpc) is 2.85. The molecule has 0 spiro atoms. The number of phenolic OH excluding ortho intramolecular Hbond substituents is 1. The summed E-state index contributed by atoms with van der Waals surface area (Å²) in [6.45, 7) is 0. The Morgan fingerprint density at radius 1 is 0.923 bits per heavy atom. The number of phenols is 1. The second-order valence-electron chi connectivity index (χ2n) is 6.10. The van der Waals surface area contributed by atoms with Gasteiger partial charge in [0.25, 0.3) is 17.7 Å². The van der Waals surface area contributed by atoms with Crippen LogP contribution in [0.4, 0.5) is 5.69 Å². The van der Waals surface area contributed by atoms with Crippen LogP contribution >= 0.6 is 0 Å². The quantitative estimate of drug-likeness (QED) is 0.698. The fourth-order valence-corrected chi connectivity index (χ4v) is 3.05. The molecule has 1 aliphatic rings. The Morgan fingerprint density at radius 2 is 1.58 bits per heavy atom. The van der Waals surface area contributed by atoms with E-state index in [9.17, 15) is 19.5 Å². The number of carbonyl (C=O) groups excluding carboxylic acids is 3. The van der Waals surface area contributed by atoms with Crippen LogP contribution in [-0.2, 0) is 0 Å². The number of rotatable bonds is 2. The van der Waals surface area contributed by atoms with E-state index in [4.69, 9.17) is 0 Å². The van der Waals surface area contributed by atoms with Crippen LogP contribution in [0.3, 0.4) is 0 Å². The number of nitrogens with one attached hydrogen (secondary N) is 1. The summed E-state index contributed by atoms with van der Waals surface area (Å²) in [6.07, 6.45) is 0. The van der Waals surface area contributed by atoms with Crippen LogP contribution in [0.25, 0.3) is 10.8 Å². The molecular weight excluding hydrogens is 332 g/mol. The summed E-state index contributed by atoms with van der Waals surface area (Å²) in [6, 6.07) is 15.1. The summed E-state index contributed by atoms with van der Waals surface area (Å²) in [5.41, 5.74) is 1.06.